The minimum atomic E-state index is 0.773. The summed E-state index contributed by atoms with van der Waals surface area (Å²) in [4.78, 5) is 3.81. The normalized spacial score (nSPS) is 18.3. The molecule has 0 radical (unpaired) electrons. The monoisotopic (exact) mass is 82.1 g/mol. The van der Waals surface area contributed by atoms with E-state index in [0.29, 0.717) is 0 Å². The van der Waals surface area contributed by atoms with E-state index in [1.54, 1.807) is 6.21 Å². The van der Waals surface area contributed by atoms with Gasteiger partial charge in [0.15, 0.2) is 0 Å². The smallest absolute Gasteiger partial charge is 0.118 e. The number of hydrogen-bond donors (Lipinski definition) is 1. The molecular formula is C4H6N2. The van der Waals surface area contributed by atoms with E-state index >= 15 is 0 Å². The highest BCUT2D eigenvalue weighted by Gasteiger charge is 1.89. The molecule has 1 N–H and O–H groups in total. The van der Waals surface area contributed by atoms with Crippen molar-refractivity contribution >= 4 is 6.21 Å². The molecule has 0 saturated carbocycles. The van der Waals surface area contributed by atoms with Gasteiger partial charge in [0.2, 0.25) is 0 Å². The van der Waals surface area contributed by atoms with E-state index in [0.717, 1.165) is 12.4 Å². The molecule has 1 aliphatic rings. The zero-order valence-electron chi connectivity index (χ0n) is 3.44. The first-order valence-electron chi connectivity index (χ1n) is 1.85. The Hall–Kier alpha value is -0.790. The van der Waals surface area contributed by atoms with Crippen molar-refractivity contribution in [3.05, 3.63) is 12.4 Å². The number of aliphatic imine (C=N–C) groups is 1. The van der Waals surface area contributed by atoms with Crippen LogP contribution in [0.5, 0.6) is 0 Å². The lowest BCUT2D eigenvalue weighted by molar-refractivity contribution is 0.979. The maximum Gasteiger partial charge on any atom is 0.118 e. The fraction of sp³-hybridized carbons (Fsp3) is 0.250. The third-order valence-electron chi connectivity index (χ3n) is 0.645. The summed E-state index contributed by atoms with van der Waals surface area (Å²) in [6.07, 6.45) is 1.79. The van der Waals surface area contributed by atoms with Gasteiger partial charge in [0.05, 0.1) is 6.54 Å². The summed E-state index contributed by atoms with van der Waals surface area (Å²) in [5, 5.41) is 2.90. The van der Waals surface area contributed by atoms with Gasteiger partial charge in [-0.2, -0.15) is 0 Å². The fourth-order valence-electron chi connectivity index (χ4n) is 0.365. The van der Waals surface area contributed by atoms with Crippen molar-refractivity contribution in [3.8, 4) is 0 Å². The van der Waals surface area contributed by atoms with Crippen molar-refractivity contribution < 1.29 is 0 Å². The Labute approximate surface area is 36.6 Å². The maximum absolute atomic E-state index is 3.81. The second-order valence-corrected chi connectivity index (χ2v) is 1.14. The van der Waals surface area contributed by atoms with E-state index in [2.05, 4.69) is 16.9 Å². The minimum absolute atomic E-state index is 0.773. The SMILES string of the molecule is C=C1N=CCN1. The number of rotatable bonds is 0. The van der Waals surface area contributed by atoms with Crippen LogP contribution >= 0.6 is 0 Å². The molecule has 0 aromatic carbocycles. The number of nitrogens with zero attached hydrogens (tertiary/aromatic N) is 1. The number of nitrogens with one attached hydrogen (secondary N) is 1. The van der Waals surface area contributed by atoms with Crippen LogP contribution in [0.15, 0.2) is 17.4 Å². The molecule has 6 heavy (non-hydrogen) atoms. The minimum Gasteiger partial charge on any atom is -0.366 e. The van der Waals surface area contributed by atoms with Crippen molar-refractivity contribution in [1.82, 2.24) is 5.32 Å². The van der Waals surface area contributed by atoms with Gasteiger partial charge in [0.1, 0.15) is 5.82 Å². The summed E-state index contributed by atoms with van der Waals surface area (Å²) in [5.41, 5.74) is 0. The van der Waals surface area contributed by atoms with Crippen LogP contribution in [-0.2, 0) is 0 Å². The Balaban J connectivity index is 2.59. The van der Waals surface area contributed by atoms with Gasteiger partial charge in [-0.1, -0.05) is 6.58 Å². The number of hydrogen-bond acceptors (Lipinski definition) is 2. The Morgan fingerprint density at radius 1 is 2.00 bits per heavy atom. The molecule has 2 heteroatoms. The molecule has 0 aliphatic carbocycles. The van der Waals surface area contributed by atoms with E-state index in [-0.39, 0.29) is 0 Å². The molecule has 0 amide bonds. The van der Waals surface area contributed by atoms with Crippen molar-refractivity contribution in [2.45, 2.75) is 0 Å². The highest BCUT2D eigenvalue weighted by atomic mass is 15.1. The quantitative estimate of drug-likeness (QED) is 0.441. The van der Waals surface area contributed by atoms with Gasteiger partial charge >= 0.3 is 0 Å². The Morgan fingerprint density at radius 2 is 2.83 bits per heavy atom. The average molecular weight is 82.1 g/mol. The molecule has 0 saturated heterocycles. The van der Waals surface area contributed by atoms with Crippen LogP contribution in [0.1, 0.15) is 0 Å². The lowest BCUT2D eigenvalue weighted by atomic mass is 10.7. The highest BCUT2D eigenvalue weighted by molar-refractivity contribution is 5.64. The van der Waals surface area contributed by atoms with Gasteiger partial charge in [-0.25, -0.2) is 4.99 Å². The van der Waals surface area contributed by atoms with Crippen LogP contribution in [0.3, 0.4) is 0 Å². The predicted molar refractivity (Wildman–Crippen MR) is 25.6 cm³/mol. The first-order valence-corrected chi connectivity index (χ1v) is 1.85. The van der Waals surface area contributed by atoms with Crippen molar-refractivity contribution in [1.29, 1.82) is 0 Å². The lowest BCUT2D eigenvalue weighted by Crippen LogP contribution is -2.04. The second kappa shape index (κ2) is 1.12. The third-order valence-corrected chi connectivity index (χ3v) is 0.645. The van der Waals surface area contributed by atoms with Crippen molar-refractivity contribution in [2.24, 2.45) is 4.99 Å². The molecule has 0 fully saturated rings. The van der Waals surface area contributed by atoms with E-state index in [1.165, 1.54) is 0 Å². The molecule has 1 rings (SSSR count). The Bertz CT molecular complexity index is 93.7. The van der Waals surface area contributed by atoms with Gasteiger partial charge in [-0.15, -0.1) is 0 Å². The molecule has 0 atom stereocenters. The molecule has 0 aromatic rings. The van der Waals surface area contributed by atoms with E-state index in [1.807, 2.05) is 0 Å². The summed E-state index contributed by atoms with van der Waals surface area (Å²) in [6.45, 7) is 4.39. The van der Waals surface area contributed by atoms with Crippen molar-refractivity contribution in [3.63, 3.8) is 0 Å². The molecule has 1 heterocycles. The first kappa shape index (κ1) is 3.40. The average Bonchev–Trinajstić information content (AvgIpc) is 1.86. The zero-order chi connectivity index (χ0) is 4.41. The van der Waals surface area contributed by atoms with Crippen LogP contribution in [-0.4, -0.2) is 12.8 Å². The zero-order valence-corrected chi connectivity index (χ0v) is 3.44. The molecule has 0 unspecified atom stereocenters. The summed E-state index contributed by atoms with van der Waals surface area (Å²) in [6, 6.07) is 0. The molecule has 0 aromatic heterocycles. The Kier molecular flexibility index (Phi) is 0.638. The molecular weight excluding hydrogens is 76.1 g/mol. The maximum atomic E-state index is 3.81. The molecule has 32 valence electrons. The van der Waals surface area contributed by atoms with E-state index in [4.69, 9.17) is 0 Å². The Morgan fingerprint density at radius 3 is 3.00 bits per heavy atom. The first-order chi connectivity index (χ1) is 2.89. The van der Waals surface area contributed by atoms with Gasteiger partial charge in [-0.05, 0) is 0 Å². The second-order valence-electron chi connectivity index (χ2n) is 1.14. The molecule has 0 spiro atoms. The van der Waals surface area contributed by atoms with Gasteiger partial charge in [0, 0.05) is 6.21 Å². The van der Waals surface area contributed by atoms with Crippen LogP contribution in [0.25, 0.3) is 0 Å². The van der Waals surface area contributed by atoms with E-state index in [9.17, 15) is 0 Å². The third kappa shape index (κ3) is 0.407. The topological polar surface area (TPSA) is 24.4 Å². The van der Waals surface area contributed by atoms with Gasteiger partial charge in [-0.3, -0.25) is 0 Å². The summed E-state index contributed by atoms with van der Waals surface area (Å²) in [5.74, 6) is 0.773. The molecule has 0 bridgehead atoms. The fourth-order valence-corrected chi connectivity index (χ4v) is 0.365. The van der Waals surface area contributed by atoms with E-state index < -0.39 is 0 Å². The van der Waals surface area contributed by atoms with Crippen LogP contribution < -0.4 is 5.32 Å². The van der Waals surface area contributed by atoms with Crippen molar-refractivity contribution in [2.75, 3.05) is 6.54 Å². The van der Waals surface area contributed by atoms with Crippen LogP contribution in [0.4, 0.5) is 0 Å². The molecule has 1 aliphatic heterocycles. The predicted octanol–water partition coefficient (Wildman–Crippen LogP) is 0.132. The summed E-state index contributed by atoms with van der Waals surface area (Å²) < 4.78 is 0. The van der Waals surface area contributed by atoms with Gasteiger partial charge in [0.25, 0.3) is 0 Å². The van der Waals surface area contributed by atoms with Crippen LogP contribution in [0, 0.1) is 0 Å². The highest BCUT2D eigenvalue weighted by Crippen LogP contribution is 1.87. The summed E-state index contributed by atoms with van der Waals surface area (Å²) in [7, 11) is 0. The lowest BCUT2D eigenvalue weighted by Gasteiger charge is -1.85. The standard InChI is InChI=1S/C4H6N2/c1-4-5-2-3-6-4/h2,6H,1,3H2. The van der Waals surface area contributed by atoms with Crippen LogP contribution in [0.2, 0.25) is 0 Å². The molecule has 2 nitrogen and oxygen atoms in total. The largest absolute Gasteiger partial charge is 0.366 e. The summed E-state index contributed by atoms with van der Waals surface area (Å²) >= 11 is 0. The van der Waals surface area contributed by atoms with Gasteiger partial charge < -0.3 is 5.32 Å².